The lowest BCUT2D eigenvalue weighted by molar-refractivity contribution is 0.829. The molecule has 0 amide bonds. The van der Waals surface area contributed by atoms with Crippen molar-refractivity contribution in [3.63, 3.8) is 0 Å². The molecule has 18 heavy (non-hydrogen) atoms. The van der Waals surface area contributed by atoms with Gasteiger partial charge >= 0.3 is 0 Å². The van der Waals surface area contributed by atoms with E-state index in [0.29, 0.717) is 4.99 Å². The summed E-state index contributed by atoms with van der Waals surface area (Å²) in [7, 11) is 0. The van der Waals surface area contributed by atoms with Crippen LogP contribution in [0.2, 0.25) is 0 Å². The lowest BCUT2D eigenvalue weighted by atomic mass is 10.1. The number of thioether (sulfide) groups is 1. The Morgan fingerprint density at radius 3 is 2.61 bits per heavy atom. The van der Waals surface area contributed by atoms with Gasteiger partial charge in [-0.05, 0) is 38.3 Å². The summed E-state index contributed by atoms with van der Waals surface area (Å²) < 4.78 is 1.89. The van der Waals surface area contributed by atoms with Crippen LogP contribution in [0.4, 0.5) is 0 Å². The minimum atomic E-state index is 0.405. The quantitative estimate of drug-likeness (QED) is 0.692. The highest BCUT2D eigenvalue weighted by molar-refractivity contribution is 7.98. The summed E-state index contributed by atoms with van der Waals surface area (Å²) in [6, 6.07) is 8.05. The van der Waals surface area contributed by atoms with E-state index in [0.717, 1.165) is 27.5 Å². The fourth-order valence-corrected chi connectivity index (χ4v) is 2.90. The Bertz CT molecular complexity index is 602. The van der Waals surface area contributed by atoms with Gasteiger partial charge in [0.2, 0.25) is 0 Å². The lowest BCUT2D eigenvalue weighted by Gasteiger charge is -2.13. The molecule has 2 rings (SSSR count). The average molecular weight is 277 g/mol. The highest BCUT2D eigenvalue weighted by Gasteiger charge is 2.14. The molecule has 1 heterocycles. The van der Waals surface area contributed by atoms with E-state index in [-0.39, 0.29) is 0 Å². The first kappa shape index (κ1) is 13.1. The predicted molar refractivity (Wildman–Crippen MR) is 80.7 cm³/mol. The zero-order valence-electron chi connectivity index (χ0n) is 10.6. The first-order valence-corrected chi connectivity index (χ1v) is 7.18. The minimum absolute atomic E-state index is 0.405. The van der Waals surface area contributed by atoms with Gasteiger partial charge in [0.25, 0.3) is 0 Å². The third-order valence-electron chi connectivity index (χ3n) is 2.71. The van der Waals surface area contributed by atoms with Crippen LogP contribution < -0.4 is 5.73 Å². The van der Waals surface area contributed by atoms with E-state index < -0.39 is 0 Å². The zero-order chi connectivity index (χ0) is 13.3. The van der Waals surface area contributed by atoms with Gasteiger partial charge in [-0.1, -0.05) is 18.3 Å². The van der Waals surface area contributed by atoms with Crippen molar-refractivity contribution >= 4 is 29.0 Å². The smallest absolute Gasteiger partial charge is 0.107 e. The summed E-state index contributed by atoms with van der Waals surface area (Å²) in [5, 5.41) is 4.49. The van der Waals surface area contributed by atoms with Crippen LogP contribution in [0.25, 0.3) is 5.69 Å². The maximum absolute atomic E-state index is 5.86. The molecule has 0 unspecified atom stereocenters. The van der Waals surface area contributed by atoms with Crippen molar-refractivity contribution in [1.82, 2.24) is 9.78 Å². The van der Waals surface area contributed by atoms with E-state index in [1.54, 1.807) is 11.8 Å². The van der Waals surface area contributed by atoms with Gasteiger partial charge in [0.15, 0.2) is 0 Å². The van der Waals surface area contributed by atoms with Crippen LogP contribution >= 0.6 is 24.0 Å². The highest BCUT2D eigenvalue weighted by atomic mass is 32.2. The summed E-state index contributed by atoms with van der Waals surface area (Å²) in [5.74, 6) is 0. The number of benzene rings is 1. The lowest BCUT2D eigenvalue weighted by Crippen LogP contribution is -2.15. The number of thiocarbonyl (C=S) groups is 1. The van der Waals surface area contributed by atoms with Gasteiger partial charge in [-0.25, -0.2) is 4.68 Å². The molecule has 0 fully saturated rings. The number of aromatic nitrogens is 2. The van der Waals surface area contributed by atoms with Crippen LogP contribution in [0.3, 0.4) is 0 Å². The number of nitrogens with zero attached hydrogens (tertiary/aromatic N) is 2. The molecule has 0 spiro atoms. The molecule has 0 aliphatic heterocycles. The molecule has 5 heteroatoms. The van der Waals surface area contributed by atoms with Crippen molar-refractivity contribution in [1.29, 1.82) is 0 Å². The van der Waals surface area contributed by atoms with Crippen molar-refractivity contribution in [2.45, 2.75) is 18.7 Å². The first-order valence-electron chi connectivity index (χ1n) is 5.55. The summed E-state index contributed by atoms with van der Waals surface area (Å²) in [5.41, 5.74) is 9.76. The maximum atomic E-state index is 5.86. The normalized spacial score (nSPS) is 10.6. The SMILES string of the molecule is CSc1cccc(-n2nc(C)cc2C)c1C(N)=S. The molecule has 1 aromatic carbocycles. The summed E-state index contributed by atoms with van der Waals surface area (Å²) in [6.07, 6.45) is 2.02. The molecular weight excluding hydrogens is 262 g/mol. The second-order valence-corrected chi connectivity index (χ2v) is 5.35. The van der Waals surface area contributed by atoms with E-state index in [1.807, 2.05) is 49.1 Å². The third kappa shape index (κ3) is 2.28. The van der Waals surface area contributed by atoms with Crippen LogP contribution in [0.15, 0.2) is 29.2 Å². The number of hydrogen-bond donors (Lipinski definition) is 1. The Labute approximate surface area is 116 Å². The van der Waals surface area contributed by atoms with Crippen molar-refractivity contribution < 1.29 is 0 Å². The van der Waals surface area contributed by atoms with Crippen LogP contribution in [0, 0.1) is 13.8 Å². The van der Waals surface area contributed by atoms with E-state index in [1.165, 1.54) is 0 Å². The first-order chi connectivity index (χ1) is 8.54. The van der Waals surface area contributed by atoms with Crippen molar-refractivity contribution in [2.24, 2.45) is 5.73 Å². The van der Waals surface area contributed by atoms with E-state index >= 15 is 0 Å². The van der Waals surface area contributed by atoms with Gasteiger partial charge in [-0.2, -0.15) is 5.10 Å². The van der Waals surface area contributed by atoms with Gasteiger partial charge in [0.05, 0.1) is 11.4 Å². The maximum Gasteiger partial charge on any atom is 0.107 e. The van der Waals surface area contributed by atoms with Gasteiger partial charge in [-0.15, -0.1) is 11.8 Å². The molecule has 1 aromatic heterocycles. The summed E-state index contributed by atoms with van der Waals surface area (Å²) in [6.45, 7) is 4.00. The fraction of sp³-hybridized carbons (Fsp3) is 0.231. The van der Waals surface area contributed by atoms with Gasteiger partial charge in [0.1, 0.15) is 4.99 Å². The van der Waals surface area contributed by atoms with Crippen molar-refractivity contribution in [2.75, 3.05) is 6.26 Å². The van der Waals surface area contributed by atoms with Crippen molar-refractivity contribution in [3.05, 3.63) is 41.2 Å². The molecule has 2 aromatic rings. The minimum Gasteiger partial charge on any atom is -0.389 e. The molecule has 0 bridgehead atoms. The van der Waals surface area contributed by atoms with E-state index in [9.17, 15) is 0 Å². The van der Waals surface area contributed by atoms with Crippen LogP contribution in [0.1, 0.15) is 17.0 Å². The average Bonchev–Trinajstić information content (AvgIpc) is 2.67. The largest absolute Gasteiger partial charge is 0.389 e. The Kier molecular flexibility index (Phi) is 3.73. The Morgan fingerprint density at radius 2 is 2.11 bits per heavy atom. The predicted octanol–water partition coefficient (Wildman–Crippen LogP) is 2.85. The van der Waals surface area contributed by atoms with Gasteiger partial charge in [0, 0.05) is 16.2 Å². The third-order valence-corrected chi connectivity index (χ3v) is 3.69. The Hall–Kier alpha value is -1.33. The van der Waals surface area contributed by atoms with Crippen LogP contribution in [-0.2, 0) is 0 Å². The molecular formula is C13H15N3S2. The van der Waals surface area contributed by atoms with Crippen molar-refractivity contribution in [3.8, 4) is 5.69 Å². The summed E-state index contributed by atoms with van der Waals surface area (Å²) in [4.78, 5) is 1.48. The second-order valence-electron chi connectivity index (χ2n) is 4.06. The molecule has 2 N–H and O–H groups in total. The molecule has 0 saturated heterocycles. The molecule has 94 valence electrons. The standard InChI is InChI=1S/C13H15N3S2/c1-8-7-9(2)16(15-8)10-5-4-6-11(18-3)12(10)13(14)17/h4-7H,1-3H3,(H2,14,17). The van der Waals surface area contributed by atoms with E-state index in [2.05, 4.69) is 5.10 Å². The monoisotopic (exact) mass is 277 g/mol. The number of hydrogen-bond acceptors (Lipinski definition) is 3. The Balaban J connectivity index is 2.71. The van der Waals surface area contributed by atoms with Gasteiger partial charge in [-0.3, -0.25) is 0 Å². The van der Waals surface area contributed by atoms with E-state index in [4.69, 9.17) is 18.0 Å². The van der Waals surface area contributed by atoms with Gasteiger partial charge < -0.3 is 5.73 Å². The summed E-state index contributed by atoms with van der Waals surface area (Å²) >= 11 is 6.81. The highest BCUT2D eigenvalue weighted by Crippen LogP contribution is 2.26. The molecule has 0 aliphatic rings. The molecule has 0 atom stereocenters. The van der Waals surface area contributed by atoms with Crippen LogP contribution in [0.5, 0.6) is 0 Å². The molecule has 3 nitrogen and oxygen atoms in total. The number of nitrogens with two attached hydrogens (primary N) is 1. The zero-order valence-corrected chi connectivity index (χ0v) is 12.2. The molecule has 0 aliphatic carbocycles. The van der Waals surface area contributed by atoms with Crippen LogP contribution in [-0.4, -0.2) is 21.0 Å². The number of rotatable bonds is 3. The Morgan fingerprint density at radius 1 is 1.39 bits per heavy atom. The molecule has 0 radical (unpaired) electrons. The fourth-order valence-electron chi connectivity index (χ4n) is 1.99. The second kappa shape index (κ2) is 5.12. The topological polar surface area (TPSA) is 43.8 Å². The molecule has 0 saturated carbocycles. The number of aryl methyl sites for hydroxylation is 2.